The molecule has 1 aliphatic rings. The molecule has 0 aliphatic carbocycles. The Bertz CT molecular complexity index is 544. The number of ether oxygens (including phenoxy) is 1. The van der Waals surface area contributed by atoms with Gasteiger partial charge in [-0.15, -0.1) is 11.8 Å². The zero-order chi connectivity index (χ0) is 13.6. The molecule has 1 atom stereocenters. The van der Waals surface area contributed by atoms with Gasteiger partial charge in [-0.05, 0) is 30.7 Å². The Kier molecular flexibility index (Phi) is 4.61. The molecule has 0 saturated carbocycles. The number of fused-ring (bicyclic) bond motifs is 1. The SMILES string of the molecule is c1ccc(CNCC[C@@H]2CSc3ccccc3O2)cc1. The maximum atomic E-state index is 6.02. The molecule has 3 heteroatoms. The highest BCUT2D eigenvalue weighted by Gasteiger charge is 2.19. The minimum absolute atomic E-state index is 0.318. The molecule has 2 aromatic rings. The van der Waals surface area contributed by atoms with Crippen molar-refractivity contribution in [2.24, 2.45) is 0 Å². The summed E-state index contributed by atoms with van der Waals surface area (Å²) < 4.78 is 6.02. The van der Waals surface area contributed by atoms with Crippen molar-refractivity contribution >= 4 is 11.8 Å². The smallest absolute Gasteiger partial charge is 0.133 e. The van der Waals surface area contributed by atoms with Gasteiger partial charge in [0.05, 0.1) is 0 Å². The molecule has 0 unspecified atom stereocenters. The van der Waals surface area contributed by atoms with E-state index in [9.17, 15) is 0 Å². The first-order valence-electron chi connectivity index (χ1n) is 7.05. The van der Waals surface area contributed by atoms with Crippen LogP contribution < -0.4 is 10.1 Å². The quantitative estimate of drug-likeness (QED) is 0.846. The van der Waals surface area contributed by atoms with E-state index >= 15 is 0 Å². The van der Waals surface area contributed by atoms with E-state index in [1.54, 1.807) is 0 Å². The van der Waals surface area contributed by atoms with Crippen molar-refractivity contribution < 1.29 is 4.74 Å². The van der Waals surface area contributed by atoms with E-state index < -0.39 is 0 Å². The summed E-state index contributed by atoms with van der Waals surface area (Å²) in [6.07, 6.45) is 1.37. The molecule has 20 heavy (non-hydrogen) atoms. The molecule has 2 aromatic carbocycles. The van der Waals surface area contributed by atoms with Gasteiger partial charge in [-0.3, -0.25) is 0 Å². The van der Waals surface area contributed by atoms with Crippen molar-refractivity contribution in [2.45, 2.75) is 24.0 Å². The lowest BCUT2D eigenvalue weighted by molar-refractivity contribution is 0.204. The maximum Gasteiger partial charge on any atom is 0.133 e. The number of hydrogen-bond acceptors (Lipinski definition) is 3. The fourth-order valence-electron chi connectivity index (χ4n) is 2.30. The van der Waals surface area contributed by atoms with E-state index in [-0.39, 0.29) is 0 Å². The Morgan fingerprint density at radius 3 is 2.75 bits per heavy atom. The average Bonchev–Trinajstić information content (AvgIpc) is 2.52. The third kappa shape index (κ3) is 3.56. The highest BCUT2D eigenvalue weighted by Crippen LogP contribution is 2.35. The first-order chi connectivity index (χ1) is 9.92. The predicted octanol–water partition coefficient (Wildman–Crippen LogP) is 3.72. The van der Waals surface area contributed by atoms with Crippen LogP contribution in [0.25, 0.3) is 0 Å². The molecule has 0 aromatic heterocycles. The van der Waals surface area contributed by atoms with Crippen molar-refractivity contribution in [1.82, 2.24) is 5.32 Å². The molecular formula is C17H19NOS. The van der Waals surface area contributed by atoms with Crippen LogP contribution in [0.2, 0.25) is 0 Å². The third-order valence-corrected chi connectivity index (χ3v) is 4.57. The fourth-order valence-corrected chi connectivity index (χ4v) is 3.33. The molecule has 0 spiro atoms. The molecule has 1 aliphatic heterocycles. The molecule has 0 fully saturated rings. The van der Waals surface area contributed by atoms with Crippen LogP contribution in [-0.2, 0) is 6.54 Å². The first-order valence-corrected chi connectivity index (χ1v) is 8.03. The maximum absolute atomic E-state index is 6.02. The van der Waals surface area contributed by atoms with E-state index in [2.05, 4.69) is 47.8 Å². The van der Waals surface area contributed by atoms with Crippen LogP contribution in [0.5, 0.6) is 5.75 Å². The normalized spacial score (nSPS) is 17.3. The van der Waals surface area contributed by atoms with Gasteiger partial charge in [-0.1, -0.05) is 42.5 Å². The molecule has 1 N–H and O–H groups in total. The number of hydrogen-bond donors (Lipinski definition) is 1. The lowest BCUT2D eigenvalue weighted by atomic mass is 10.2. The zero-order valence-electron chi connectivity index (χ0n) is 11.4. The van der Waals surface area contributed by atoms with Gasteiger partial charge in [-0.2, -0.15) is 0 Å². The lowest BCUT2D eigenvalue weighted by Crippen LogP contribution is -2.28. The molecule has 0 bridgehead atoms. The minimum Gasteiger partial charge on any atom is -0.488 e. The largest absolute Gasteiger partial charge is 0.488 e. The predicted molar refractivity (Wildman–Crippen MR) is 84.3 cm³/mol. The van der Waals surface area contributed by atoms with Crippen LogP contribution in [0.4, 0.5) is 0 Å². The third-order valence-electron chi connectivity index (χ3n) is 3.38. The van der Waals surface area contributed by atoms with E-state index in [1.807, 2.05) is 23.9 Å². The van der Waals surface area contributed by atoms with Gasteiger partial charge in [0.15, 0.2) is 0 Å². The molecule has 104 valence electrons. The second kappa shape index (κ2) is 6.82. The van der Waals surface area contributed by atoms with Crippen molar-refractivity contribution in [1.29, 1.82) is 0 Å². The summed E-state index contributed by atoms with van der Waals surface area (Å²) in [4.78, 5) is 1.26. The van der Waals surface area contributed by atoms with Crippen LogP contribution in [-0.4, -0.2) is 18.4 Å². The van der Waals surface area contributed by atoms with Crippen molar-refractivity contribution in [2.75, 3.05) is 12.3 Å². The Balaban J connectivity index is 1.42. The zero-order valence-corrected chi connectivity index (χ0v) is 12.2. The number of nitrogens with one attached hydrogen (secondary N) is 1. The monoisotopic (exact) mass is 285 g/mol. The van der Waals surface area contributed by atoms with Crippen LogP contribution in [0.3, 0.4) is 0 Å². The van der Waals surface area contributed by atoms with Crippen molar-refractivity contribution in [3.8, 4) is 5.75 Å². The van der Waals surface area contributed by atoms with E-state index in [4.69, 9.17) is 4.74 Å². The van der Waals surface area contributed by atoms with Gasteiger partial charge >= 0.3 is 0 Å². The van der Waals surface area contributed by atoms with Crippen LogP contribution >= 0.6 is 11.8 Å². The van der Waals surface area contributed by atoms with Crippen molar-refractivity contribution in [3.05, 3.63) is 60.2 Å². The standard InChI is InChI=1S/C17H19NOS/c1-2-6-14(7-3-1)12-18-11-10-15-13-20-17-9-5-4-8-16(17)19-15/h1-9,15,18H,10-13H2/t15-/m1/s1. The van der Waals surface area contributed by atoms with Gasteiger partial charge in [0.25, 0.3) is 0 Å². The lowest BCUT2D eigenvalue weighted by Gasteiger charge is -2.25. The average molecular weight is 285 g/mol. The molecule has 2 nitrogen and oxygen atoms in total. The summed E-state index contributed by atoms with van der Waals surface area (Å²) in [6.45, 7) is 1.92. The Hall–Kier alpha value is -1.45. The van der Waals surface area contributed by atoms with E-state index in [0.717, 1.165) is 31.0 Å². The Morgan fingerprint density at radius 2 is 1.85 bits per heavy atom. The molecular weight excluding hydrogens is 266 g/mol. The molecule has 0 amide bonds. The number of thioether (sulfide) groups is 1. The van der Waals surface area contributed by atoms with Gasteiger partial charge < -0.3 is 10.1 Å². The summed E-state index contributed by atoms with van der Waals surface area (Å²) in [5, 5.41) is 3.48. The summed E-state index contributed by atoms with van der Waals surface area (Å²) in [7, 11) is 0. The second-order valence-electron chi connectivity index (χ2n) is 4.95. The fraction of sp³-hybridized carbons (Fsp3) is 0.294. The highest BCUT2D eigenvalue weighted by atomic mass is 32.2. The summed E-state index contributed by atoms with van der Waals surface area (Å²) >= 11 is 1.90. The van der Waals surface area contributed by atoms with Gasteiger partial charge in [-0.25, -0.2) is 0 Å². The first kappa shape index (κ1) is 13.5. The van der Waals surface area contributed by atoms with Gasteiger partial charge in [0.2, 0.25) is 0 Å². The molecule has 0 radical (unpaired) electrons. The Morgan fingerprint density at radius 1 is 1.05 bits per heavy atom. The van der Waals surface area contributed by atoms with Crippen LogP contribution in [0.1, 0.15) is 12.0 Å². The Labute approximate surface area is 124 Å². The van der Waals surface area contributed by atoms with Crippen LogP contribution in [0, 0.1) is 0 Å². The summed E-state index contributed by atoms with van der Waals surface area (Å²) in [5.74, 6) is 2.08. The van der Waals surface area contributed by atoms with Gasteiger partial charge in [0, 0.05) is 17.2 Å². The number of rotatable bonds is 5. The van der Waals surface area contributed by atoms with E-state index in [0.29, 0.717) is 6.10 Å². The number of para-hydroxylation sites is 1. The second-order valence-corrected chi connectivity index (χ2v) is 6.01. The van der Waals surface area contributed by atoms with Crippen LogP contribution in [0.15, 0.2) is 59.5 Å². The summed E-state index contributed by atoms with van der Waals surface area (Å²) in [6, 6.07) is 18.8. The highest BCUT2D eigenvalue weighted by molar-refractivity contribution is 7.99. The summed E-state index contributed by atoms with van der Waals surface area (Å²) in [5.41, 5.74) is 1.33. The minimum atomic E-state index is 0.318. The van der Waals surface area contributed by atoms with Crippen molar-refractivity contribution in [3.63, 3.8) is 0 Å². The topological polar surface area (TPSA) is 21.3 Å². The van der Waals surface area contributed by atoms with Gasteiger partial charge in [0.1, 0.15) is 11.9 Å². The number of benzene rings is 2. The molecule has 1 heterocycles. The van der Waals surface area contributed by atoms with E-state index in [1.165, 1.54) is 10.5 Å². The molecule has 0 saturated heterocycles. The molecule has 3 rings (SSSR count).